The fourth-order valence-electron chi connectivity index (χ4n) is 0.578. The highest BCUT2D eigenvalue weighted by Crippen LogP contribution is 2.23. The van der Waals surface area contributed by atoms with E-state index < -0.39 is 40.0 Å². The van der Waals surface area contributed by atoms with Gasteiger partial charge in [-0.2, -0.15) is 0 Å². The molecule has 0 amide bonds. The summed E-state index contributed by atoms with van der Waals surface area (Å²) in [5.74, 6) is -9.57. The smallest absolute Gasteiger partial charge is 0.402 e. The Balaban J connectivity index is 0.000000487. The molecule has 0 bridgehead atoms. The van der Waals surface area contributed by atoms with Crippen LogP contribution in [0.4, 0.5) is 22.0 Å². The molecule has 1 rings (SSSR count). The standard InChI is InChI=1S/C6F5I.BH3O3/c7-1-2(8)4(10)6(12)5(11)3(1)9;2-1(3)4/h;2-4H. The Labute approximate surface area is 99.8 Å². The van der Waals surface area contributed by atoms with Gasteiger partial charge < -0.3 is 15.1 Å². The van der Waals surface area contributed by atoms with Crippen molar-refractivity contribution in [3.63, 3.8) is 0 Å². The summed E-state index contributed by atoms with van der Waals surface area (Å²) in [5.41, 5.74) is 0. The van der Waals surface area contributed by atoms with Crippen molar-refractivity contribution in [2.24, 2.45) is 0 Å². The van der Waals surface area contributed by atoms with Gasteiger partial charge in [0.15, 0.2) is 23.3 Å². The minimum Gasteiger partial charge on any atom is -0.402 e. The first kappa shape index (κ1) is 15.5. The Kier molecular flexibility index (Phi) is 6.14. The molecule has 3 nitrogen and oxygen atoms in total. The molecule has 0 aromatic heterocycles. The predicted octanol–water partition coefficient (Wildman–Crippen LogP) is 0.935. The van der Waals surface area contributed by atoms with E-state index in [-0.39, 0.29) is 0 Å². The molecule has 0 saturated heterocycles. The Hall–Kier alpha value is -0.455. The second kappa shape index (κ2) is 6.32. The van der Waals surface area contributed by atoms with Crippen LogP contribution in [-0.2, 0) is 0 Å². The van der Waals surface area contributed by atoms with Gasteiger partial charge in [0, 0.05) is 0 Å². The van der Waals surface area contributed by atoms with Crippen LogP contribution in [-0.4, -0.2) is 22.4 Å². The summed E-state index contributed by atoms with van der Waals surface area (Å²) in [5, 5.41) is 21.5. The Morgan fingerprint density at radius 3 is 1.12 bits per heavy atom. The zero-order valence-corrected chi connectivity index (χ0v) is 9.34. The largest absolute Gasteiger partial charge is 0.631 e. The molecule has 0 unspecified atom stereocenters. The highest BCUT2D eigenvalue weighted by Gasteiger charge is 2.23. The van der Waals surface area contributed by atoms with Crippen LogP contribution in [0.15, 0.2) is 0 Å². The van der Waals surface area contributed by atoms with E-state index in [4.69, 9.17) is 15.1 Å². The number of benzene rings is 1. The minimum atomic E-state index is -2.17. The molecule has 0 aliphatic rings. The molecular weight excluding hydrogens is 353 g/mol. The number of rotatable bonds is 0. The van der Waals surface area contributed by atoms with Gasteiger partial charge in [-0.05, 0) is 22.6 Å². The molecule has 10 heteroatoms. The maximum atomic E-state index is 12.4. The molecule has 0 aliphatic carbocycles. The van der Waals surface area contributed by atoms with Gasteiger partial charge in [0.05, 0.1) is 3.57 Å². The fourth-order valence-corrected chi connectivity index (χ4v) is 1.05. The van der Waals surface area contributed by atoms with Gasteiger partial charge in [-0.3, -0.25) is 0 Å². The fraction of sp³-hybridized carbons (Fsp3) is 0. The molecular formula is C6H3BF5IO3. The van der Waals surface area contributed by atoms with Crippen LogP contribution in [0.2, 0.25) is 0 Å². The van der Waals surface area contributed by atoms with Gasteiger partial charge in [0.2, 0.25) is 5.82 Å². The summed E-state index contributed by atoms with van der Waals surface area (Å²) in [7, 11) is -2.17. The average Bonchev–Trinajstić information content (AvgIpc) is 2.20. The highest BCUT2D eigenvalue weighted by molar-refractivity contribution is 14.1. The first-order valence-corrected chi connectivity index (χ1v) is 4.49. The second-order valence-electron chi connectivity index (χ2n) is 2.23. The summed E-state index contributed by atoms with van der Waals surface area (Å²) in [6, 6.07) is 0. The lowest BCUT2D eigenvalue weighted by atomic mass is 10.3. The summed E-state index contributed by atoms with van der Waals surface area (Å²) < 4.78 is 60.6. The topological polar surface area (TPSA) is 60.7 Å². The van der Waals surface area contributed by atoms with Crippen molar-refractivity contribution in [1.82, 2.24) is 0 Å². The van der Waals surface area contributed by atoms with Crippen LogP contribution in [0.5, 0.6) is 0 Å². The maximum Gasteiger partial charge on any atom is 0.631 e. The monoisotopic (exact) mass is 356 g/mol. The third-order valence-corrected chi connectivity index (χ3v) is 2.10. The Morgan fingerprint density at radius 1 is 0.688 bits per heavy atom. The van der Waals surface area contributed by atoms with Gasteiger partial charge in [0.25, 0.3) is 0 Å². The van der Waals surface area contributed by atoms with Crippen LogP contribution >= 0.6 is 22.6 Å². The van der Waals surface area contributed by atoms with Crippen LogP contribution in [0, 0.1) is 32.7 Å². The van der Waals surface area contributed by atoms with Crippen molar-refractivity contribution in [3.05, 3.63) is 32.7 Å². The second-order valence-corrected chi connectivity index (χ2v) is 3.31. The summed E-state index contributed by atoms with van der Waals surface area (Å²) >= 11 is 1.04. The van der Waals surface area contributed by atoms with E-state index >= 15 is 0 Å². The zero-order chi connectivity index (χ0) is 13.0. The Morgan fingerprint density at radius 2 is 0.875 bits per heavy atom. The molecule has 0 radical (unpaired) electrons. The van der Waals surface area contributed by atoms with Gasteiger partial charge in [-0.25, -0.2) is 22.0 Å². The molecule has 90 valence electrons. The van der Waals surface area contributed by atoms with E-state index in [0.717, 1.165) is 22.6 Å². The lowest BCUT2D eigenvalue weighted by Gasteiger charge is -2.00. The van der Waals surface area contributed by atoms with Crippen LogP contribution in [0.1, 0.15) is 0 Å². The number of hydrogen-bond acceptors (Lipinski definition) is 3. The summed E-state index contributed by atoms with van der Waals surface area (Å²) in [6.07, 6.45) is 0. The third-order valence-electron chi connectivity index (χ3n) is 1.16. The van der Waals surface area contributed by atoms with Crippen molar-refractivity contribution >= 4 is 29.9 Å². The van der Waals surface area contributed by atoms with E-state index in [1.165, 1.54) is 0 Å². The van der Waals surface area contributed by atoms with Gasteiger partial charge in [-0.15, -0.1) is 0 Å². The van der Waals surface area contributed by atoms with Crippen LogP contribution < -0.4 is 0 Å². The molecule has 0 saturated carbocycles. The molecule has 0 aliphatic heterocycles. The van der Waals surface area contributed by atoms with Crippen molar-refractivity contribution in [2.45, 2.75) is 0 Å². The van der Waals surface area contributed by atoms with E-state index in [9.17, 15) is 22.0 Å². The number of halogens is 6. The maximum absolute atomic E-state index is 12.4. The molecule has 0 heterocycles. The van der Waals surface area contributed by atoms with E-state index in [2.05, 4.69) is 0 Å². The van der Waals surface area contributed by atoms with Crippen molar-refractivity contribution in [1.29, 1.82) is 0 Å². The molecule has 0 spiro atoms. The normalized spacial score (nSPS) is 9.56. The molecule has 1 aromatic rings. The lowest BCUT2D eigenvalue weighted by molar-refractivity contribution is 0.278. The van der Waals surface area contributed by atoms with Crippen LogP contribution in [0.3, 0.4) is 0 Å². The highest BCUT2D eigenvalue weighted by atomic mass is 127. The van der Waals surface area contributed by atoms with Gasteiger partial charge in [0.1, 0.15) is 0 Å². The molecule has 1 aromatic carbocycles. The Bertz CT molecular complexity index is 281. The minimum absolute atomic E-state index is 0.899. The lowest BCUT2D eigenvalue weighted by Crippen LogP contribution is -2.07. The van der Waals surface area contributed by atoms with Crippen LogP contribution in [0.25, 0.3) is 0 Å². The van der Waals surface area contributed by atoms with Gasteiger partial charge >= 0.3 is 7.32 Å². The van der Waals surface area contributed by atoms with E-state index in [1.807, 2.05) is 0 Å². The van der Waals surface area contributed by atoms with E-state index in [1.54, 1.807) is 0 Å². The third kappa shape index (κ3) is 3.85. The quantitative estimate of drug-likeness (QED) is 0.213. The SMILES string of the molecule is Fc1c(F)c(F)c(I)c(F)c1F.OB(O)O. The first-order chi connectivity index (χ1) is 7.20. The molecule has 3 N–H and O–H groups in total. The van der Waals surface area contributed by atoms with E-state index in [0.29, 0.717) is 0 Å². The zero-order valence-electron chi connectivity index (χ0n) is 7.19. The van der Waals surface area contributed by atoms with Crippen molar-refractivity contribution in [2.75, 3.05) is 0 Å². The molecule has 0 atom stereocenters. The summed E-state index contributed by atoms with van der Waals surface area (Å²) in [6.45, 7) is 0. The molecule has 0 fully saturated rings. The molecule has 16 heavy (non-hydrogen) atoms. The number of hydrogen-bond donors (Lipinski definition) is 3. The van der Waals surface area contributed by atoms with Crippen molar-refractivity contribution in [3.8, 4) is 0 Å². The average molecular weight is 356 g/mol. The van der Waals surface area contributed by atoms with Crippen molar-refractivity contribution < 1.29 is 37.0 Å². The summed E-state index contributed by atoms with van der Waals surface area (Å²) in [4.78, 5) is 0. The predicted molar refractivity (Wildman–Crippen MR) is 51.4 cm³/mol. The van der Waals surface area contributed by atoms with Gasteiger partial charge in [-0.1, -0.05) is 0 Å². The first-order valence-electron chi connectivity index (χ1n) is 3.41.